The van der Waals surface area contributed by atoms with Gasteiger partial charge in [0, 0.05) is 28.4 Å². The van der Waals surface area contributed by atoms with Crippen molar-refractivity contribution in [1.82, 2.24) is 9.88 Å². The molecule has 0 unspecified atom stereocenters. The lowest BCUT2D eigenvalue weighted by atomic mass is 10.1. The number of anilines is 2. The molecule has 4 aromatic rings. The first kappa shape index (κ1) is 26.8. The number of carbonyl (C=O) groups is 3. The molecule has 5 rings (SSSR count). The number of carbonyl (C=O) groups excluding carboxylic acids is 3. The van der Waals surface area contributed by atoms with Crippen LogP contribution in [0.5, 0.6) is 0 Å². The highest BCUT2D eigenvalue weighted by Crippen LogP contribution is 2.33. The third-order valence-electron chi connectivity index (χ3n) is 6.27. The van der Waals surface area contributed by atoms with Crippen LogP contribution in [0.25, 0.3) is 17.0 Å². The lowest BCUT2D eigenvalue weighted by molar-refractivity contribution is -0.137. The molecule has 7 nitrogen and oxygen atoms in total. The number of hydrogen-bond acceptors (Lipinski definition) is 4. The predicted molar refractivity (Wildman–Crippen MR) is 149 cm³/mol. The number of nitrogens with zero attached hydrogens (tertiary/aromatic N) is 2. The van der Waals surface area contributed by atoms with Gasteiger partial charge < -0.3 is 9.88 Å². The van der Waals surface area contributed by atoms with Crippen molar-refractivity contribution >= 4 is 63.4 Å². The van der Waals surface area contributed by atoms with Crippen LogP contribution in [0.3, 0.4) is 0 Å². The molecule has 1 aliphatic heterocycles. The van der Waals surface area contributed by atoms with Crippen molar-refractivity contribution in [3.8, 4) is 0 Å². The van der Waals surface area contributed by atoms with Gasteiger partial charge in [0.1, 0.15) is 12.1 Å². The molecule has 0 radical (unpaired) electrons. The summed E-state index contributed by atoms with van der Waals surface area (Å²) in [6, 6.07) is 18.6. The van der Waals surface area contributed by atoms with Crippen LogP contribution in [-0.2, 0) is 27.1 Å². The zero-order chi connectivity index (χ0) is 28.6. The molecule has 0 saturated carbocycles. The van der Waals surface area contributed by atoms with E-state index in [0.717, 1.165) is 28.7 Å². The summed E-state index contributed by atoms with van der Waals surface area (Å²) in [7, 11) is 0. The number of alkyl halides is 3. The zero-order valence-electron chi connectivity index (χ0n) is 21.0. The van der Waals surface area contributed by atoms with E-state index in [-0.39, 0.29) is 28.8 Å². The van der Waals surface area contributed by atoms with Gasteiger partial charge in [0.15, 0.2) is 5.11 Å². The van der Waals surface area contributed by atoms with Crippen molar-refractivity contribution < 1.29 is 27.6 Å². The van der Waals surface area contributed by atoms with Gasteiger partial charge in [-0.3, -0.25) is 24.6 Å². The number of aryl methyl sites for hydroxylation is 1. The highest BCUT2D eigenvalue weighted by atomic mass is 32.1. The maximum atomic E-state index is 13.4. The Morgan fingerprint density at radius 1 is 1.02 bits per heavy atom. The van der Waals surface area contributed by atoms with Crippen LogP contribution in [0.4, 0.5) is 24.5 Å². The molecule has 2 heterocycles. The fourth-order valence-electron chi connectivity index (χ4n) is 4.47. The Labute approximate surface area is 231 Å². The quantitative estimate of drug-likeness (QED) is 0.193. The molecule has 1 saturated heterocycles. The Balaban J connectivity index is 1.49. The summed E-state index contributed by atoms with van der Waals surface area (Å²) < 4.78 is 41.6. The first-order chi connectivity index (χ1) is 19.0. The summed E-state index contributed by atoms with van der Waals surface area (Å²) in [5.74, 6) is -1.94. The van der Waals surface area contributed by atoms with Crippen LogP contribution in [0.1, 0.15) is 16.7 Å². The molecule has 0 bridgehead atoms. The number of fused-ring (bicyclic) bond motifs is 1. The van der Waals surface area contributed by atoms with E-state index in [1.54, 1.807) is 41.1 Å². The van der Waals surface area contributed by atoms with Gasteiger partial charge in [-0.2, -0.15) is 13.2 Å². The summed E-state index contributed by atoms with van der Waals surface area (Å²) in [6.45, 7) is 1.87. The second-order valence-electron chi connectivity index (χ2n) is 9.15. The van der Waals surface area contributed by atoms with Gasteiger partial charge in [-0.1, -0.05) is 36.4 Å². The lowest BCUT2D eigenvalue weighted by Gasteiger charge is -2.29. The molecule has 1 aromatic heterocycles. The van der Waals surface area contributed by atoms with E-state index < -0.39 is 23.6 Å². The van der Waals surface area contributed by atoms with E-state index in [1.165, 1.54) is 12.1 Å². The van der Waals surface area contributed by atoms with Crippen molar-refractivity contribution in [3.05, 3.63) is 101 Å². The van der Waals surface area contributed by atoms with E-state index in [0.29, 0.717) is 22.2 Å². The van der Waals surface area contributed by atoms with Gasteiger partial charge in [-0.15, -0.1) is 0 Å². The Morgan fingerprint density at radius 2 is 1.77 bits per heavy atom. The fraction of sp³-hybridized carbons (Fsp3) is 0.103. The molecule has 202 valence electrons. The molecule has 1 fully saturated rings. The topological polar surface area (TPSA) is 83.4 Å². The molecule has 1 aliphatic rings. The molecular formula is C29H21F3N4O3S. The highest BCUT2D eigenvalue weighted by molar-refractivity contribution is 7.80. The number of thiocarbonyl (C=S) groups is 1. The number of nitrogens with one attached hydrogen (secondary N) is 2. The van der Waals surface area contributed by atoms with E-state index in [9.17, 15) is 27.6 Å². The number of halogens is 3. The van der Waals surface area contributed by atoms with Crippen LogP contribution >= 0.6 is 12.2 Å². The van der Waals surface area contributed by atoms with Crippen LogP contribution < -0.4 is 15.5 Å². The molecule has 0 atom stereocenters. The third kappa shape index (κ3) is 5.36. The summed E-state index contributed by atoms with van der Waals surface area (Å²) >= 11 is 5.12. The second-order valence-corrected chi connectivity index (χ2v) is 9.54. The van der Waals surface area contributed by atoms with Crippen LogP contribution in [0.2, 0.25) is 0 Å². The normalized spacial score (nSPS) is 15.1. The molecule has 3 aromatic carbocycles. The van der Waals surface area contributed by atoms with E-state index in [1.807, 2.05) is 25.1 Å². The Bertz CT molecular complexity index is 1730. The zero-order valence-corrected chi connectivity index (χ0v) is 21.8. The number of para-hydroxylation sites is 1. The van der Waals surface area contributed by atoms with E-state index in [4.69, 9.17) is 12.2 Å². The van der Waals surface area contributed by atoms with Crippen LogP contribution in [0, 0.1) is 6.92 Å². The summed E-state index contributed by atoms with van der Waals surface area (Å²) in [5, 5.41) is 5.57. The Morgan fingerprint density at radius 3 is 2.52 bits per heavy atom. The number of amides is 3. The van der Waals surface area contributed by atoms with Crippen molar-refractivity contribution in [1.29, 1.82) is 0 Å². The summed E-state index contributed by atoms with van der Waals surface area (Å²) in [6.07, 6.45) is -1.65. The van der Waals surface area contributed by atoms with Crippen LogP contribution in [0.15, 0.2) is 84.6 Å². The average Bonchev–Trinajstić information content (AvgIpc) is 3.23. The molecule has 40 heavy (non-hydrogen) atoms. The number of benzene rings is 3. The standard InChI is InChI=1S/C29H21F3N4O3S/c1-17-6-4-8-20(12-17)33-25(37)16-35-15-18(22-10-2-3-11-24(22)35)13-23-26(38)34-28(40)36(27(23)39)21-9-5-7-19(14-21)29(30,31)32/h2-15H,16H2,1H3,(H,33,37)(H,34,38,40)/b23-13+. The minimum Gasteiger partial charge on any atom is -0.337 e. The van der Waals surface area contributed by atoms with Gasteiger partial charge >= 0.3 is 6.18 Å². The smallest absolute Gasteiger partial charge is 0.337 e. The number of aromatic nitrogens is 1. The SMILES string of the molecule is Cc1cccc(NC(=O)Cn2cc(/C=C3\C(=O)NC(=S)N(c4cccc(C(F)(F)F)c4)C3=O)c3ccccc32)c1. The van der Waals surface area contributed by atoms with Gasteiger partial charge in [0.25, 0.3) is 11.8 Å². The minimum atomic E-state index is -4.63. The van der Waals surface area contributed by atoms with Gasteiger partial charge in [-0.25, -0.2) is 0 Å². The molecular weight excluding hydrogens is 541 g/mol. The third-order valence-corrected chi connectivity index (χ3v) is 6.55. The van der Waals surface area contributed by atoms with Crippen molar-refractivity contribution in [2.75, 3.05) is 10.2 Å². The average molecular weight is 563 g/mol. The van der Waals surface area contributed by atoms with Gasteiger partial charge in [-0.05, 0) is 67.2 Å². The molecule has 0 aliphatic carbocycles. The minimum absolute atomic E-state index is 0.0434. The fourth-order valence-corrected chi connectivity index (χ4v) is 4.75. The maximum absolute atomic E-state index is 13.4. The monoisotopic (exact) mass is 562 g/mol. The Kier molecular flexibility index (Phi) is 6.99. The first-order valence-electron chi connectivity index (χ1n) is 12.0. The molecule has 0 spiro atoms. The highest BCUT2D eigenvalue weighted by Gasteiger charge is 2.36. The first-order valence-corrected chi connectivity index (χ1v) is 12.5. The predicted octanol–water partition coefficient (Wildman–Crippen LogP) is 5.44. The Hall–Kier alpha value is -4.77. The summed E-state index contributed by atoms with van der Waals surface area (Å²) in [5.41, 5.74) is 1.38. The van der Waals surface area contributed by atoms with E-state index >= 15 is 0 Å². The second kappa shape index (κ2) is 10.4. The van der Waals surface area contributed by atoms with Crippen molar-refractivity contribution in [2.24, 2.45) is 0 Å². The largest absolute Gasteiger partial charge is 0.416 e. The lowest BCUT2D eigenvalue weighted by Crippen LogP contribution is -2.54. The number of hydrogen-bond donors (Lipinski definition) is 2. The van der Waals surface area contributed by atoms with Crippen molar-refractivity contribution in [3.63, 3.8) is 0 Å². The van der Waals surface area contributed by atoms with E-state index in [2.05, 4.69) is 10.6 Å². The number of rotatable bonds is 5. The van der Waals surface area contributed by atoms with Crippen LogP contribution in [-0.4, -0.2) is 27.4 Å². The summed E-state index contributed by atoms with van der Waals surface area (Å²) in [4.78, 5) is 39.9. The van der Waals surface area contributed by atoms with Crippen molar-refractivity contribution in [2.45, 2.75) is 19.6 Å². The molecule has 2 N–H and O–H groups in total. The van der Waals surface area contributed by atoms with Gasteiger partial charge in [0.05, 0.1) is 11.3 Å². The van der Waals surface area contributed by atoms with Gasteiger partial charge in [0.2, 0.25) is 5.91 Å². The molecule has 3 amide bonds. The maximum Gasteiger partial charge on any atom is 0.416 e. The molecule has 11 heteroatoms.